The lowest BCUT2D eigenvalue weighted by Crippen LogP contribution is -2.29. The molecule has 0 aromatic rings. The van der Waals surface area contributed by atoms with Gasteiger partial charge in [-0.05, 0) is 59.0 Å². The fraction of sp³-hybridized carbons (Fsp3) is 0.800. The summed E-state index contributed by atoms with van der Waals surface area (Å²) in [5.41, 5.74) is 1.62. The van der Waals surface area contributed by atoms with Gasteiger partial charge in [0.05, 0.1) is 0 Å². The highest BCUT2D eigenvalue weighted by molar-refractivity contribution is 5.12. The van der Waals surface area contributed by atoms with Crippen LogP contribution in [0.1, 0.15) is 79.1 Å². The Labute approximate surface area is 134 Å². The summed E-state index contributed by atoms with van der Waals surface area (Å²) in [7, 11) is 4.48. The largest absolute Gasteiger partial charge is 0.306 e. The molecular formula is C20H39N. The predicted octanol–water partition coefficient (Wildman–Crippen LogP) is 6.22. The number of hydrogen-bond acceptors (Lipinski definition) is 1. The molecule has 0 aliphatic rings. The maximum atomic E-state index is 2.43. The quantitative estimate of drug-likeness (QED) is 0.386. The lowest BCUT2D eigenvalue weighted by molar-refractivity contribution is 0.228. The van der Waals surface area contributed by atoms with Gasteiger partial charge in [-0.2, -0.15) is 0 Å². The zero-order valence-corrected chi connectivity index (χ0v) is 15.5. The molecule has 0 radical (unpaired) electrons. The Balaban J connectivity index is 4.28. The standard InChI is InChI=1S/C20H39N/c1-7-10-14-19(13-9-3)15-11-16-20(21(5)6)17-18(4)12-8-2/h7,10,14,18,20H,8-9,11-13,15-17H2,1-6H3. The molecule has 124 valence electrons. The van der Waals surface area contributed by atoms with Crippen molar-refractivity contribution in [2.45, 2.75) is 85.1 Å². The Morgan fingerprint density at radius 3 is 2.29 bits per heavy atom. The van der Waals surface area contributed by atoms with Crippen LogP contribution >= 0.6 is 0 Å². The molecule has 0 bridgehead atoms. The third-order valence-electron chi connectivity index (χ3n) is 4.32. The third kappa shape index (κ3) is 10.8. The Morgan fingerprint density at radius 2 is 1.76 bits per heavy atom. The summed E-state index contributed by atoms with van der Waals surface area (Å²) in [6.45, 7) is 9.08. The zero-order valence-electron chi connectivity index (χ0n) is 15.5. The Kier molecular flexibility index (Phi) is 12.8. The van der Waals surface area contributed by atoms with Crippen molar-refractivity contribution in [2.75, 3.05) is 14.1 Å². The van der Waals surface area contributed by atoms with Crippen molar-refractivity contribution < 1.29 is 0 Å². The van der Waals surface area contributed by atoms with E-state index in [0.717, 1.165) is 12.0 Å². The van der Waals surface area contributed by atoms with E-state index in [1.165, 1.54) is 51.4 Å². The van der Waals surface area contributed by atoms with E-state index >= 15 is 0 Å². The molecule has 0 aromatic carbocycles. The molecule has 0 saturated carbocycles. The lowest BCUT2D eigenvalue weighted by atomic mass is 9.92. The van der Waals surface area contributed by atoms with Crippen molar-refractivity contribution in [1.29, 1.82) is 0 Å². The number of nitrogens with zero attached hydrogens (tertiary/aromatic N) is 1. The van der Waals surface area contributed by atoms with Gasteiger partial charge in [-0.15, -0.1) is 0 Å². The molecule has 0 rings (SSSR count). The second-order valence-electron chi connectivity index (χ2n) is 6.74. The van der Waals surface area contributed by atoms with Crippen molar-refractivity contribution in [3.05, 3.63) is 23.8 Å². The number of allylic oxidation sites excluding steroid dienone is 4. The molecule has 1 heteroatoms. The second kappa shape index (κ2) is 13.1. The predicted molar refractivity (Wildman–Crippen MR) is 97.8 cm³/mol. The normalized spacial score (nSPS) is 15.9. The van der Waals surface area contributed by atoms with Crippen LogP contribution in [0.15, 0.2) is 23.8 Å². The van der Waals surface area contributed by atoms with Gasteiger partial charge in [0.2, 0.25) is 0 Å². The van der Waals surface area contributed by atoms with Crippen molar-refractivity contribution in [3.8, 4) is 0 Å². The fourth-order valence-corrected chi connectivity index (χ4v) is 3.07. The molecule has 21 heavy (non-hydrogen) atoms. The molecule has 0 aliphatic heterocycles. The fourth-order valence-electron chi connectivity index (χ4n) is 3.07. The second-order valence-corrected chi connectivity index (χ2v) is 6.74. The highest BCUT2D eigenvalue weighted by Crippen LogP contribution is 2.21. The monoisotopic (exact) mass is 293 g/mol. The van der Waals surface area contributed by atoms with Gasteiger partial charge in [-0.3, -0.25) is 0 Å². The minimum Gasteiger partial charge on any atom is -0.306 e. The minimum absolute atomic E-state index is 0.746. The highest BCUT2D eigenvalue weighted by Gasteiger charge is 2.14. The van der Waals surface area contributed by atoms with E-state index < -0.39 is 0 Å². The summed E-state index contributed by atoms with van der Waals surface area (Å²) in [4.78, 5) is 2.43. The molecule has 0 aliphatic carbocycles. The highest BCUT2D eigenvalue weighted by atomic mass is 15.1. The molecule has 2 unspecified atom stereocenters. The van der Waals surface area contributed by atoms with Crippen molar-refractivity contribution >= 4 is 0 Å². The topological polar surface area (TPSA) is 3.24 Å². The molecular weight excluding hydrogens is 254 g/mol. The van der Waals surface area contributed by atoms with Gasteiger partial charge in [0.15, 0.2) is 0 Å². The third-order valence-corrected chi connectivity index (χ3v) is 4.32. The van der Waals surface area contributed by atoms with E-state index in [2.05, 4.69) is 64.9 Å². The lowest BCUT2D eigenvalue weighted by Gasteiger charge is -2.27. The van der Waals surface area contributed by atoms with Crippen LogP contribution in [0, 0.1) is 5.92 Å². The maximum absolute atomic E-state index is 2.43. The van der Waals surface area contributed by atoms with Gasteiger partial charge in [0.25, 0.3) is 0 Å². The zero-order chi connectivity index (χ0) is 16.1. The van der Waals surface area contributed by atoms with Crippen LogP contribution in [0.25, 0.3) is 0 Å². The molecule has 1 nitrogen and oxygen atoms in total. The van der Waals surface area contributed by atoms with Gasteiger partial charge in [-0.1, -0.05) is 63.8 Å². The van der Waals surface area contributed by atoms with Gasteiger partial charge >= 0.3 is 0 Å². The number of hydrogen-bond donors (Lipinski definition) is 0. The molecule has 0 N–H and O–H groups in total. The minimum atomic E-state index is 0.746. The van der Waals surface area contributed by atoms with Crippen molar-refractivity contribution in [1.82, 2.24) is 4.90 Å². The summed E-state index contributed by atoms with van der Waals surface area (Å²) in [6, 6.07) is 0.746. The maximum Gasteiger partial charge on any atom is 0.00918 e. The first kappa shape index (κ1) is 20.4. The summed E-state index contributed by atoms with van der Waals surface area (Å²) in [5.74, 6) is 0.857. The van der Waals surface area contributed by atoms with Crippen LogP contribution in [-0.4, -0.2) is 25.0 Å². The van der Waals surface area contributed by atoms with Crippen molar-refractivity contribution in [2.24, 2.45) is 5.92 Å². The molecule has 0 amide bonds. The van der Waals surface area contributed by atoms with E-state index in [-0.39, 0.29) is 0 Å². The average molecular weight is 294 g/mol. The molecule has 0 spiro atoms. The Hall–Kier alpha value is -0.560. The summed E-state index contributed by atoms with van der Waals surface area (Å²) in [6.07, 6.45) is 17.1. The number of rotatable bonds is 12. The van der Waals surface area contributed by atoms with E-state index in [9.17, 15) is 0 Å². The van der Waals surface area contributed by atoms with Crippen molar-refractivity contribution in [3.63, 3.8) is 0 Å². The van der Waals surface area contributed by atoms with E-state index in [4.69, 9.17) is 0 Å². The van der Waals surface area contributed by atoms with E-state index in [1.807, 2.05) is 0 Å². The summed E-state index contributed by atoms with van der Waals surface area (Å²) >= 11 is 0. The first-order chi connectivity index (χ1) is 10.0. The van der Waals surface area contributed by atoms with Gasteiger partial charge < -0.3 is 4.90 Å². The van der Waals surface area contributed by atoms with Gasteiger partial charge in [-0.25, -0.2) is 0 Å². The Bertz CT molecular complexity index is 288. The van der Waals surface area contributed by atoms with Gasteiger partial charge in [0, 0.05) is 6.04 Å². The molecule has 0 aromatic heterocycles. The first-order valence-electron chi connectivity index (χ1n) is 9.02. The summed E-state index contributed by atoms with van der Waals surface area (Å²) in [5, 5.41) is 0. The molecule has 0 saturated heterocycles. The Morgan fingerprint density at radius 1 is 1.05 bits per heavy atom. The summed E-state index contributed by atoms with van der Waals surface area (Å²) < 4.78 is 0. The average Bonchev–Trinajstić information content (AvgIpc) is 2.43. The first-order valence-corrected chi connectivity index (χ1v) is 9.02. The van der Waals surface area contributed by atoms with E-state index in [1.54, 1.807) is 5.57 Å². The van der Waals surface area contributed by atoms with Crippen LogP contribution in [0.2, 0.25) is 0 Å². The molecule has 0 fully saturated rings. The smallest absolute Gasteiger partial charge is 0.00918 e. The van der Waals surface area contributed by atoms with Crippen LogP contribution in [-0.2, 0) is 0 Å². The molecule has 0 heterocycles. The van der Waals surface area contributed by atoms with Crippen LogP contribution in [0.3, 0.4) is 0 Å². The van der Waals surface area contributed by atoms with Crippen LogP contribution < -0.4 is 0 Å². The van der Waals surface area contributed by atoms with Crippen LogP contribution in [0.4, 0.5) is 0 Å². The molecule has 2 atom stereocenters. The van der Waals surface area contributed by atoms with Crippen LogP contribution in [0.5, 0.6) is 0 Å². The van der Waals surface area contributed by atoms with E-state index in [0.29, 0.717) is 0 Å². The SMILES string of the molecule is CC=CC=C(CCC)CCCC(CC(C)CCC)N(C)C. The van der Waals surface area contributed by atoms with Gasteiger partial charge in [0.1, 0.15) is 0 Å².